The minimum absolute atomic E-state index is 0.0431. The Balaban J connectivity index is 1.64. The van der Waals surface area contributed by atoms with Crippen LogP contribution in [0.3, 0.4) is 0 Å². The predicted molar refractivity (Wildman–Crippen MR) is 94.4 cm³/mol. The number of likely N-dealkylation sites (N-methyl/N-ethyl adjacent to an activating group) is 1. The lowest BCUT2D eigenvalue weighted by molar-refractivity contribution is -0.205. The second-order valence-corrected chi connectivity index (χ2v) is 7.89. The topological polar surface area (TPSA) is 70.8 Å². The van der Waals surface area contributed by atoms with Crippen molar-refractivity contribution in [1.82, 2.24) is 19.6 Å². The van der Waals surface area contributed by atoms with E-state index >= 15 is 0 Å². The fraction of sp³-hybridized carbons (Fsp3) is 0.778. The number of aliphatic hydroxyl groups is 1. The molecule has 7 nitrogen and oxygen atoms in total. The fourth-order valence-corrected chi connectivity index (χ4v) is 4.06. The maximum atomic E-state index is 12.7. The van der Waals surface area contributed by atoms with Crippen molar-refractivity contribution in [3.05, 3.63) is 18.0 Å². The number of amides is 1. The third kappa shape index (κ3) is 3.59. The molecule has 0 aliphatic carbocycles. The van der Waals surface area contributed by atoms with Crippen molar-refractivity contribution >= 4 is 5.91 Å². The molecule has 25 heavy (non-hydrogen) atoms. The van der Waals surface area contributed by atoms with Gasteiger partial charge in [-0.15, -0.1) is 0 Å². The fourth-order valence-electron chi connectivity index (χ4n) is 4.06. The van der Waals surface area contributed by atoms with E-state index in [1.165, 1.54) is 0 Å². The number of carbonyl (C=O) groups is 1. The molecular formula is C18H30N4O3. The second kappa shape index (κ2) is 6.70. The molecule has 1 spiro atoms. The highest BCUT2D eigenvalue weighted by Gasteiger charge is 2.49. The van der Waals surface area contributed by atoms with E-state index in [0.29, 0.717) is 25.3 Å². The lowest BCUT2D eigenvalue weighted by Crippen LogP contribution is -2.62. The van der Waals surface area contributed by atoms with Gasteiger partial charge in [-0.05, 0) is 47.2 Å². The van der Waals surface area contributed by atoms with Gasteiger partial charge in [0, 0.05) is 31.9 Å². The monoisotopic (exact) mass is 350 g/mol. The van der Waals surface area contributed by atoms with Crippen LogP contribution < -0.4 is 0 Å². The molecule has 0 saturated carbocycles. The molecular weight excluding hydrogens is 320 g/mol. The van der Waals surface area contributed by atoms with Gasteiger partial charge in [0.2, 0.25) is 0 Å². The standard InChI is InChI=1S/C18H30N4O3/c1-5-22-12-14(11-19-22)16(23)21-8-6-18(7-9-21)10-15(20(3)4)17(2,24)13-25-18/h11-12,15,24H,5-10,13H2,1-4H3/t15-,17-/m0/s1. The average molecular weight is 350 g/mol. The van der Waals surface area contributed by atoms with Crippen LogP contribution in [0.1, 0.15) is 43.5 Å². The zero-order valence-corrected chi connectivity index (χ0v) is 15.7. The zero-order chi connectivity index (χ0) is 18.2. The number of hydrogen-bond acceptors (Lipinski definition) is 5. The summed E-state index contributed by atoms with van der Waals surface area (Å²) < 4.78 is 7.90. The van der Waals surface area contributed by atoms with Gasteiger partial charge < -0.3 is 19.6 Å². The van der Waals surface area contributed by atoms with E-state index in [1.807, 2.05) is 39.0 Å². The first-order valence-corrected chi connectivity index (χ1v) is 9.11. The van der Waals surface area contributed by atoms with Gasteiger partial charge in [-0.2, -0.15) is 5.10 Å². The van der Waals surface area contributed by atoms with E-state index in [-0.39, 0.29) is 17.6 Å². The third-order valence-electron chi connectivity index (χ3n) is 5.74. The molecule has 0 bridgehead atoms. The van der Waals surface area contributed by atoms with Crippen LogP contribution in [0.2, 0.25) is 0 Å². The first-order valence-electron chi connectivity index (χ1n) is 9.11. The van der Waals surface area contributed by atoms with Crippen LogP contribution in [-0.4, -0.2) is 81.6 Å². The number of likely N-dealkylation sites (tertiary alicyclic amines) is 1. The molecule has 0 radical (unpaired) electrons. The maximum Gasteiger partial charge on any atom is 0.257 e. The molecule has 0 unspecified atom stereocenters. The molecule has 0 aromatic carbocycles. The first-order chi connectivity index (χ1) is 11.8. The van der Waals surface area contributed by atoms with Crippen LogP contribution in [0.5, 0.6) is 0 Å². The number of nitrogens with zero attached hydrogens (tertiary/aromatic N) is 4. The number of hydrogen-bond donors (Lipinski definition) is 1. The Morgan fingerprint density at radius 3 is 2.68 bits per heavy atom. The summed E-state index contributed by atoms with van der Waals surface area (Å²) in [5.74, 6) is 0.0431. The quantitative estimate of drug-likeness (QED) is 0.880. The summed E-state index contributed by atoms with van der Waals surface area (Å²) in [4.78, 5) is 16.6. The largest absolute Gasteiger partial charge is 0.386 e. The minimum Gasteiger partial charge on any atom is -0.386 e. The molecule has 1 amide bonds. The van der Waals surface area contributed by atoms with Crippen molar-refractivity contribution in [2.75, 3.05) is 33.8 Å². The molecule has 2 saturated heterocycles. The van der Waals surface area contributed by atoms with Crippen molar-refractivity contribution in [1.29, 1.82) is 0 Å². The number of ether oxygens (including phenoxy) is 1. The number of rotatable bonds is 3. The molecule has 2 aliphatic rings. The van der Waals surface area contributed by atoms with Gasteiger partial charge in [0.1, 0.15) is 5.60 Å². The lowest BCUT2D eigenvalue weighted by atomic mass is 9.77. The summed E-state index contributed by atoms with van der Waals surface area (Å²) in [7, 11) is 4.00. The van der Waals surface area contributed by atoms with Crippen molar-refractivity contribution in [3.63, 3.8) is 0 Å². The Labute approximate surface area is 149 Å². The Morgan fingerprint density at radius 1 is 1.44 bits per heavy atom. The highest BCUT2D eigenvalue weighted by Crippen LogP contribution is 2.39. The smallest absolute Gasteiger partial charge is 0.257 e. The number of aryl methyl sites for hydroxylation is 1. The molecule has 2 aliphatic heterocycles. The lowest BCUT2D eigenvalue weighted by Gasteiger charge is -2.52. The highest BCUT2D eigenvalue weighted by molar-refractivity contribution is 5.93. The highest BCUT2D eigenvalue weighted by atomic mass is 16.5. The second-order valence-electron chi connectivity index (χ2n) is 7.89. The number of piperidine rings is 1. The van der Waals surface area contributed by atoms with Crippen molar-refractivity contribution in [2.45, 2.75) is 56.9 Å². The summed E-state index contributed by atoms with van der Waals surface area (Å²) in [5.41, 5.74) is -0.422. The Hall–Kier alpha value is -1.44. The van der Waals surface area contributed by atoms with Crippen LogP contribution in [0, 0.1) is 0 Å². The molecule has 1 aromatic heterocycles. The number of carbonyl (C=O) groups excluding carboxylic acids is 1. The average Bonchev–Trinajstić information content (AvgIpc) is 3.06. The molecule has 7 heteroatoms. The van der Waals surface area contributed by atoms with E-state index in [2.05, 4.69) is 10.00 Å². The molecule has 1 N–H and O–H groups in total. The summed E-state index contributed by atoms with van der Waals surface area (Å²) in [5, 5.41) is 14.8. The van der Waals surface area contributed by atoms with Gasteiger partial charge in [-0.3, -0.25) is 9.48 Å². The van der Waals surface area contributed by atoms with Crippen LogP contribution in [0.15, 0.2) is 12.4 Å². The van der Waals surface area contributed by atoms with E-state index in [1.54, 1.807) is 10.9 Å². The van der Waals surface area contributed by atoms with Gasteiger partial charge in [0.05, 0.1) is 24.0 Å². The molecule has 2 atom stereocenters. The molecule has 1 aromatic rings. The van der Waals surface area contributed by atoms with E-state index in [4.69, 9.17) is 4.74 Å². The summed E-state index contributed by atoms with van der Waals surface area (Å²) >= 11 is 0. The van der Waals surface area contributed by atoms with E-state index in [9.17, 15) is 9.90 Å². The van der Waals surface area contributed by atoms with Crippen molar-refractivity contribution < 1.29 is 14.6 Å². The summed E-state index contributed by atoms with van der Waals surface area (Å²) in [6.07, 6.45) is 5.86. The SMILES string of the molecule is CCn1cc(C(=O)N2CCC3(CC2)C[C@H](N(C)C)[C@@](C)(O)CO3)cn1. The van der Waals surface area contributed by atoms with Crippen LogP contribution in [0.25, 0.3) is 0 Å². The van der Waals surface area contributed by atoms with Crippen LogP contribution in [-0.2, 0) is 11.3 Å². The van der Waals surface area contributed by atoms with Crippen molar-refractivity contribution in [3.8, 4) is 0 Å². The van der Waals surface area contributed by atoms with Crippen LogP contribution in [0.4, 0.5) is 0 Å². The molecule has 2 fully saturated rings. The summed E-state index contributed by atoms with van der Waals surface area (Å²) in [6, 6.07) is 0.0614. The number of aromatic nitrogens is 2. The van der Waals surface area contributed by atoms with Gasteiger partial charge in [-0.25, -0.2) is 0 Å². The van der Waals surface area contributed by atoms with Gasteiger partial charge in [0.15, 0.2) is 0 Å². The van der Waals surface area contributed by atoms with E-state index < -0.39 is 5.60 Å². The maximum absolute atomic E-state index is 12.7. The van der Waals surface area contributed by atoms with Gasteiger partial charge in [-0.1, -0.05) is 0 Å². The predicted octanol–water partition coefficient (Wildman–Crippen LogP) is 0.979. The molecule has 3 heterocycles. The Morgan fingerprint density at radius 2 is 2.12 bits per heavy atom. The van der Waals surface area contributed by atoms with Gasteiger partial charge >= 0.3 is 0 Å². The summed E-state index contributed by atoms with van der Waals surface area (Å²) in [6.45, 7) is 6.30. The molecule has 140 valence electrons. The van der Waals surface area contributed by atoms with Gasteiger partial charge in [0.25, 0.3) is 5.91 Å². The van der Waals surface area contributed by atoms with Crippen molar-refractivity contribution in [2.24, 2.45) is 0 Å². The third-order valence-corrected chi connectivity index (χ3v) is 5.74. The normalized spacial score (nSPS) is 29.4. The van der Waals surface area contributed by atoms with E-state index in [0.717, 1.165) is 25.8 Å². The van der Waals surface area contributed by atoms with Crippen LogP contribution >= 0.6 is 0 Å². The minimum atomic E-state index is -0.837. The Kier molecular flexibility index (Phi) is 4.92. The zero-order valence-electron chi connectivity index (χ0n) is 15.7. The molecule has 3 rings (SSSR count). The Bertz CT molecular complexity index is 618. The first kappa shape index (κ1) is 18.4.